The minimum Gasteiger partial charge on any atom is -0.480 e. The number of esters is 1. The molecule has 0 aromatic heterocycles. The molecular formula is C28H43N3O6. The third kappa shape index (κ3) is 8.84. The largest absolute Gasteiger partial charge is 0.480 e. The van der Waals surface area contributed by atoms with Crippen LogP contribution in [0.2, 0.25) is 0 Å². The molecule has 1 heterocycles. The summed E-state index contributed by atoms with van der Waals surface area (Å²) in [4.78, 5) is 52.3. The van der Waals surface area contributed by atoms with Crippen LogP contribution in [0.4, 0.5) is 0 Å². The fraction of sp³-hybridized carbons (Fsp3) is 0.643. The average Bonchev–Trinajstić information content (AvgIpc) is 2.85. The molecule has 1 aromatic carbocycles. The third-order valence-corrected chi connectivity index (χ3v) is 6.92. The van der Waals surface area contributed by atoms with Crippen molar-refractivity contribution in [2.75, 3.05) is 0 Å². The number of carbonyl (C=O) groups is 4. The lowest BCUT2D eigenvalue weighted by molar-refractivity contribution is -0.158. The Morgan fingerprint density at radius 3 is 2.38 bits per heavy atom. The Morgan fingerprint density at radius 2 is 1.78 bits per heavy atom. The van der Waals surface area contributed by atoms with E-state index in [0.29, 0.717) is 6.42 Å². The molecule has 9 nitrogen and oxygen atoms in total. The highest BCUT2D eigenvalue weighted by atomic mass is 16.5. The Kier molecular flexibility index (Phi) is 11.6. The number of carbonyl (C=O) groups excluding carboxylic acids is 3. The minimum atomic E-state index is -1.16. The van der Waals surface area contributed by atoms with Gasteiger partial charge in [-0.15, -0.1) is 0 Å². The van der Waals surface area contributed by atoms with E-state index in [0.717, 1.165) is 30.4 Å². The summed E-state index contributed by atoms with van der Waals surface area (Å²) in [6, 6.07) is 4.84. The smallest absolute Gasteiger partial charge is 0.325 e. The molecule has 2 amide bonds. The van der Waals surface area contributed by atoms with Crippen molar-refractivity contribution >= 4 is 23.8 Å². The van der Waals surface area contributed by atoms with Crippen molar-refractivity contribution in [2.45, 2.75) is 104 Å². The standard InChI is InChI=1S/C28H43N3O6/c1-6-7-10-18(4)24(37-28(36)22(29)13-17(2)3)15-25(32)31-16-21-12-9-8-11-20(21)14-23(31)26(33)30-19(5)27(34)35/h8-9,11-12,17-19,22-24H,6-7,10,13-16,29H2,1-5H3,(H,30,33)(H,34,35)/t18-,19-,22+,23+,24-/m0/s1. The number of nitrogens with zero attached hydrogens (tertiary/aromatic N) is 1. The summed E-state index contributed by atoms with van der Waals surface area (Å²) in [5, 5.41) is 11.7. The van der Waals surface area contributed by atoms with E-state index in [1.165, 1.54) is 11.8 Å². The molecule has 0 unspecified atom stereocenters. The van der Waals surface area contributed by atoms with Crippen LogP contribution < -0.4 is 11.1 Å². The van der Waals surface area contributed by atoms with Gasteiger partial charge < -0.3 is 25.8 Å². The molecule has 0 fully saturated rings. The van der Waals surface area contributed by atoms with E-state index in [9.17, 15) is 24.3 Å². The van der Waals surface area contributed by atoms with Crippen molar-refractivity contribution in [1.29, 1.82) is 0 Å². The lowest BCUT2D eigenvalue weighted by Crippen LogP contribution is -2.55. The molecule has 0 aliphatic carbocycles. The van der Waals surface area contributed by atoms with Crippen LogP contribution in [0, 0.1) is 11.8 Å². The molecule has 37 heavy (non-hydrogen) atoms. The average molecular weight is 518 g/mol. The predicted octanol–water partition coefficient (Wildman–Crippen LogP) is 3.03. The van der Waals surface area contributed by atoms with Gasteiger partial charge in [-0.3, -0.25) is 19.2 Å². The molecule has 9 heteroatoms. The van der Waals surface area contributed by atoms with Crippen molar-refractivity contribution in [2.24, 2.45) is 17.6 Å². The quantitative estimate of drug-likeness (QED) is 0.342. The van der Waals surface area contributed by atoms with Crippen molar-refractivity contribution in [3.63, 3.8) is 0 Å². The highest BCUT2D eigenvalue weighted by Crippen LogP contribution is 2.27. The van der Waals surface area contributed by atoms with E-state index in [1.807, 2.05) is 45.0 Å². The third-order valence-electron chi connectivity index (χ3n) is 6.92. The van der Waals surface area contributed by atoms with Crippen molar-refractivity contribution in [3.8, 4) is 0 Å². The Balaban J connectivity index is 2.27. The molecular weight excluding hydrogens is 474 g/mol. The lowest BCUT2D eigenvalue weighted by Gasteiger charge is -2.37. The van der Waals surface area contributed by atoms with Gasteiger partial charge in [-0.1, -0.05) is 64.8 Å². The number of carboxylic acid groups (broad SMARTS) is 1. The molecule has 0 spiro atoms. The maximum Gasteiger partial charge on any atom is 0.325 e. The van der Waals surface area contributed by atoms with Crippen LogP contribution >= 0.6 is 0 Å². The predicted molar refractivity (Wildman–Crippen MR) is 140 cm³/mol. The van der Waals surface area contributed by atoms with Gasteiger partial charge in [0.1, 0.15) is 24.2 Å². The number of amides is 2. The second kappa shape index (κ2) is 14.1. The van der Waals surface area contributed by atoms with Crippen molar-refractivity contribution < 1.29 is 29.0 Å². The number of ether oxygens (including phenoxy) is 1. The number of hydrogen-bond donors (Lipinski definition) is 3. The summed E-state index contributed by atoms with van der Waals surface area (Å²) in [6.45, 7) is 9.58. The van der Waals surface area contributed by atoms with Crippen LogP contribution in [-0.2, 0) is 36.9 Å². The maximum absolute atomic E-state index is 13.7. The number of carboxylic acids is 1. The van der Waals surface area contributed by atoms with Crippen LogP contribution in [0.15, 0.2) is 24.3 Å². The first-order valence-electron chi connectivity index (χ1n) is 13.3. The molecule has 0 bridgehead atoms. The van der Waals surface area contributed by atoms with E-state index >= 15 is 0 Å². The summed E-state index contributed by atoms with van der Waals surface area (Å²) in [6.07, 6.45) is 2.68. The van der Waals surface area contributed by atoms with Crippen LogP contribution in [0.3, 0.4) is 0 Å². The maximum atomic E-state index is 13.7. The molecule has 0 saturated carbocycles. The number of nitrogens with one attached hydrogen (secondary N) is 1. The topological polar surface area (TPSA) is 139 Å². The van der Waals surface area contributed by atoms with E-state index in [4.69, 9.17) is 10.5 Å². The fourth-order valence-electron chi connectivity index (χ4n) is 4.59. The Bertz CT molecular complexity index is 950. The molecule has 5 atom stereocenters. The number of rotatable bonds is 13. The Morgan fingerprint density at radius 1 is 1.14 bits per heavy atom. The monoisotopic (exact) mass is 517 g/mol. The van der Waals surface area contributed by atoms with E-state index in [1.54, 1.807) is 0 Å². The molecule has 206 valence electrons. The summed E-state index contributed by atoms with van der Waals surface area (Å²) in [5.41, 5.74) is 7.92. The summed E-state index contributed by atoms with van der Waals surface area (Å²) < 4.78 is 5.81. The normalized spacial score (nSPS) is 18.4. The first kappa shape index (κ1) is 30.3. The highest BCUT2D eigenvalue weighted by molar-refractivity contribution is 5.91. The van der Waals surface area contributed by atoms with Gasteiger partial charge in [-0.25, -0.2) is 0 Å². The van der Waals surface area contributed by atoms with E-state index in [-0.39, 0.29) is 37.1 Å². The molecule has 0 saturated heterocycles. The van der Waals surface area contributed by atoms with Gasteiger partial charge >= 0.3 is 11.9 Å². The van der Waals surface area contributed by atoms with Crippen molar-refractivity contribution in [1.82, 2.24) is 10.2 Å². The SMILES string of the molecule is CCCC[C@H](C)[C@H](CC(=O)N1Cc2ccccc2C[C@@H]1C(=O)N[C@@H](C)C(=O)O)OC(=O)[C@H](N)CC(C)C. The number of benzene rings is 1. The van der Waals surface area contributed by atoms with Crippen LogP contribution in [0.1, 0.15) is 77.8 Å². The van der Waals surface area contributed by atoms with Gasteiger partial charge in [0.25, 0.3) is 0 Å². The van der Waals surface area contributed by atoms with Crippen LogP contribution in [0.25, 0.3) is 0 Å². The zero-order valence-electron chi connectivity index (χ0n) is 22.7. The Hall–Kier alpha value is -2.94. The number of unbranched alkanes of at least 4 members (excludes halogenated alkanes) is 1. The number of nitrogens with two attached hydrogens (primary N) is 1. The zero-order chi connectivity index (χ0) is 27.7. The first-order valence-corrected chi connectivity index (χ1v) is 13.3. The van der Waals surface area contributed by atoms with Gasteiger partial charge in [0, 0.05) is 13.0 Å². The van der Waals surface area contributed by atoms with Crippen LogP contribution in [-0.4, -0.2) is 58.0 Å². The summed E-state index contributed by atoms with van der Waals surface area (Å²) in [7, 11) is 0. The molecule has 4 N–H and O–H groups in total. The van der Waals surface area contributed by atoms with Gasteiger partial charge in [0.15, 0.2) is 0 Å². The van der Waals surface area contributed by atoms with Gasteiger partial charge in [0.2, 0.25) is 11.8 Å². The molecule has 0 radical (unpaired) electrons. The van der Waals surface area contributed by atoms with E-state index < -0.39 is 42.1 Å². The second-order valence-electron chi connectivity index (χ2n) is 10.6. The van der Waals surface area contributed by atoms with E-state index in [2.05, 4.69) is 12.2 Å². The minimum absolute atomic E-state index is 0.0736. The molecule has 1 aliphatic rings. The molecule has 1 aliphatic heterocycles. The van der Waals surface area contributed by atoms with Crippen LogP contribution in [0.5, 0.6) is 0 Å². The van der Waals surface area contributed by atoms with Crippen molar-refractivity contribution in [3.05, 3.63) is 35.4 Å². The number of aliphatic carboxylic acids is 1. The highest BCUT2D eigenvalue weighted by Gasteiger charge is 2.37. The number of hydrogen-bond acceptors (Lipinski definition) is 6. The molecule has 1 aromatic rings. The molecule has 2 rings (SSSR count). The fourth-order valence-corrected chi connectivity index (χ4v) is 4.59. The van der Waals surface area contributed by atoms with Gasteiger partial charge in [-0.2, -0.15) is 0 Å². The Labute approximate surface area is 220 Å². The first-order chi connectivity index (χ1) is 17.4. The lowest BCUT2D eigenvalue weighted by atomic mass is 9.91. The summed E-state index contributed by atoms with van der Waals surface area (Å²) in [5.74, 6) is -2.38. The zero-order valence-corrected chi connectivity index (χ0v) is 22.7. The number of fused-ring (bicyclic) bond motifs is 1. The van der Waals surface area contributed by atoms with Gasteiger partial charge in [0.05, 0.1) is 6.42 Å². The summed E-state index contributed by atoms with van der Waals surface area (Å²) >= 11 is 0. The van der Waals surface area contributed by atoms with Gasteiger partial charge in [-0.05, 0) is 42.7 Å². The second-order valence-corrected chi connectivity index (χ2v) is 10.6.